The fraction of sp³-hybridized carbons (Fsp3) is 0.786. The smallest absolute Gasteiger partial charge is 0.362 e. The van der Waals surface area contributed by atoms with E-state index >= 15 is 0 Å². The van der Waals surface area contributed by atoms with Crippen molar-refractivity contribution in [3.05, 3.63) is 36.5 Å². The van der Waals surface area contributed by atoms with Crippen molar-refractivity contribution in [2.75, 3.05) is 41.0 Å². The quantitative estimate of drug-likeness (QED) is 0.0303. The number of unbranched alkanes of at least 4 members (excludes halogenated alkanes) is 15. The molecular weight excluding hydrogens is 630 g/mol. The third kappa shape index (κ3) is 31.5. The van der Waals surface area contributed by atoms with Crippen molar-refractivity contribution in [2.45, 2.75) is 174 Å². The van der Waals surface area contributed by atoms with E-state index in [1.54, 1.807) is 0 Å². The van der Waals surface area contributed by atoms with E-state index in [0.29, 0.717) is 19.3 Å². The Hall–Kier alpha value is -2.45. The van der Waals surface area contributed by atoms with Gasteiger partial charge in [-0.25, -0.2) is 4.79 Å². The van der Waals surface area contributed by atoms with Gasteiger partial charge < -0.3 is 23.8 Å². The number of quaternary nitrogens is 1. The van der Waals surface area contributed by atoms with Crippen molar-refractivity contribution < 1.29 is 38.2 Å². The van der Waals surface area contributed by atoms with Gasteiger partial charge in [-0.2, -0.15) is 0 Å². The Kier molecular flexibility index (Phi) is 32.0. The minimum atomic E-state index is -0.880. The monoisotopic (exact) mass is 707 g/mol. The van der Waals surface area contributed by atoms with Gasteiger partial charge >= 0.3 is 17.9 Å². The highest BCUT2D eigenvalue weighted by molar-refractivity contribution is 5.72. The van der Waals surface area contributed by atoms with Crippen molar-refractivity contribution >= 4 is 17.9 Å². The molecule has 0 aromatic rings. The lowest BCUT2D eigenvalue weighted by Crippen LogP contribution is -2.50. The average Bonchev–Trinajstić information content (AvgIpc) is 3.06. The number of carbonyl (C=O) groups excluding carboxylic acids is 2. The first-order chi connectivity index (χ1) is 24.1. The number of nitrogens with zero attached hydrogens (tertiary/aromatic N) is 1. The lowest BCUT2D eigenvalue weighted by molar-refractivity contribution is -0.887. The molecule has 290 valence electrons. The molecule has 0 aliphatic rings. The topological polar surface area (TPSA) is 99.1 Å². The average molecular weight is 707 g/mol. The molecule has 0 rings (SSSR count). The number of allylic oxidation sites excluding steroid dienone is 6. The minimum absolute atomic E-state index is 0.0530. The molecule has 50 heavy (non-hydrogen) atoms. The lowest BCUT2D eigenvalue weighted by atomic mass is 10.1. The highest BCUT2D eigenvalue weighted by Crippen LogP contribution is 2.13. The number of hydrogen-bond acceptors (Lipinski definition) is 6. The summed E-state index contributed by atoms with van der Waals surface area (Å²) in [4.78, 5) is 36.8. The Balaban J connectivity index is 4.42. The van der Waals surface area contributed by atoms with Gasteiger partial charge in [0.25, 0.3) is 0 Å². The molecule has 8 nitrogen and oxygen atoms in total. The molecule has 8 heteroatoms. The van der Waals surface area contributed by atoms with Gasteiger partial charge in [-0.05, 0) is 64.2 Å². The Bertz CT molecular complexity index is 922. The van der Waals surface area contributed by atoms with Gasteiger partial charge in [0.1, 0.15) is 6.61 Å². The van der Waals surface area contributed by atoms with Crippen LogP contribution in [0.3, 0.4) is 0 Å². The maximum atomic E-state index is 12.7. The van der Waals surface area contributed by atoms with Crippen molar-refractivity contribution in [3.8, 4) is 0 Å². The fourth-order valence-electron chi connectivity index (χ4n) is 5.59. The van der Waals surface area contributed by atoms with Gasteiger partial charge in [-0.3, -0.25) is 9.59 Å². The van der Waals surface area contributed by atoms with Crippen LogP contribution in [0, 0.1) is 0 Å². The molecule has 0 fully saturated rings. The predicted molar refractivity (Wildman–Crippen MR) is 206 cm³/mol. The van der Waals surface area contributed by atoms with Crippen LogP contribution in [0.5, 0.6) is 0 Å². The molecule has 0 saturated carbocycles. The summed E-state index contributed by atoms with van der Waals surface area (Å²) in [6.45, 7) is 4.62. The number of carboxylic acids is 1. The molecule has 0 saturated heterocycles. The Morgan fingerprint density at radius 2 is 1.10 bits per heavy atom. The lowest BCUT2D eigenvalue weighted by Gasteiger charge is -2.31. The Morgan fingerprint density at radius 3 is 1.64 bits per heavy atom. The van der Waals surface area contributed by atoms with Gasteiger partial charge in [-0.15, -0.1) is 0 Å². The van der Waals surface area contributed by atoms with Crippen LogP contribution in [0.15, 0.2) is 36.5 Å². The summed E-state index contributed by atoms with van der Waals surface area (Å²) in [6.07, 6.45) is 36.1. The van der Waals surface area contributed by atoms with E-state index in [2.05, 4.69) is 50.3 Å². The van der Waals surface area contributed by atoms with E-state index < -0.39 is 18.1 Å². The molecule has 0 aliphatic heterocycles. The summed E-state index contributed by atoms with van der Waals surface area (Å²) in [6, 6.07) is -0.616. The van der Waals surface area contributed by atoms with Crippen molar-refractivity contribution in [2.24, 2.45) is 0 Å². The van der Waals surface area contributed by atoms with E-state index in [4.69, 9.17) is 14.2 Å². The molecule has 0 bridgehead atoms. The van der Waals surface area contributed by atoms with Gasteiger partial charge in [0.2, 0.25) is 0 Å². The number of aliphatic carboxylic acids is 1. The van der Waals surface area contributed by atoms with Crippen LogP contribution in [0.2, 0.25) is 0 Å². The minimum Gasteiger partial charge on any atom is -0.477 e. The highest BCUT2D eigenvalue weighted by Gasteiger charge is 2.31. The standard InChI is InChI=1S/C42H75NO7/c1-6-8-10-12-14-16-18-19-20-21-22-23-25-27-29-31-33-41(45)50-38(36-48-35-34-39(42(46)47)43(3,4)5)37-49-40(44)32-30-28-26-24-17-15-13-11-9-7-2/h11,13,16,18,20-21,38-39H,6-10,12,14-15,17,19,22-37H2,1-5H3/p+1/b13-11-,18-16-,21-20-. The summed E-state index contributed by atoms with van der Waals surface area (Å²) in [5.74, 6) is -1.50. The zero-order valence-corrected chi connectivity index (χ0v) is 32.8. The molecule has 0 spiro atoms. The summed E-state index contributed by atoms with van der Waals surface area (Å²) in [5.41, 5.74) is 0. The second-order valence-corrected chi connectivity index (χ2v) is 14.5. The number of likely N-dealkylation sites (N-methyl/N-ethyl adjacent to an activating group) is 1. The van der Waals surface area contributed by atoms with Gasteiger partial charge in [0, 0.05) is 19.3 Å². The van der Waals surface area contributed by atoms with Crippen LogP contribution in [0.1, 0.15) is 162 Å². The largest absolute Gasteiger partial charge is 0.477 e. The normalized spacial score (nSPS) is 13.4. The molecule has 0 heterocycles. The first-order valence-corrected chi connectivity index (χ1v) is 20.0. The summed E-state index contributed by atoms with van der Waals surface area (Å²) < 4.78 is 17.2. The Morgan fingerprint density at radius 1 is 0.600 bits per heavy atom. The van der Waals surface area contributed by atoms with Gasteiger partial charge in [-0.1, -0.05) is 115 Å². The predicted octanol–water partition coefficient (Wildman–Crippen LogP) is 10.3. The number of esters is 2. The van der Waals surface area contributed by atoms with Crippen LogP contribution in [0.25, 0.3) is 0 Å². The highest BCUT2D eigenvalue weighted by atomic mass is 16.6. The maximum Gasteiger partial charge on any atom is 0.362 e. The number of ether oxygens (including phenoxy) is 3. The SMILES string of the molecule is CCC/C=C\CCCCCCCC(=O)OCC(COCCC(C(=O)O)[N+](C)(C)C)OC(=O)CCCCCCC/C=C\C/C=C\CCCCCC. The zero-order valence-electron chi connectivity index (χ0n) is 32.8. The van der Waals surface area contributed by atoms with Crippen molar-refractivity contribution in [1.29, 1.82) is 0 Å². The fourth-order valence-corrected chi connectivity index (χ4v) is 5.59. The third-order valence-corrected chi connectivity index (χ3v) is 8.74. The third-order valence-electron chi connectivity index (χ3n) is 8.74. The first-order valence-electron chi connectivity index (χ1n) is 20.0. The zero-order chi connectivity index (χ0) is 37.1. The van der Waals surface area contributed by atoms with Crippen LogP contribution < -0.4 is 0 Å². The van der Waals surface area contributed by atoms with Gasteiger partial charge in [0.05, 0.1) is 34.4 Å². The molecular formula is C42H76NO7+. The van der Waals surface area contributed by atoms with Crippen molar-refractivity contribution in [1.82, 2.24) is 0 Å². The summed E-state index contributed by atoms with van der Waals surface area (Å²) in [7, 11) is 5.51. The van der Waals surface area contributed by atoms with E-state index in [-0.39, 0.29) is 36.2 Å². The van der Waals surface area contributed by atoms with E-state index in [0.717, 1.165) is 83.5 Å². The van der Waals surface area contributed by atoms with Crippen LogP contribution in [0.4, 0.5) is 0 Å². The molecule has 0 aromatic heterocycles. The number of hydrogen-bond donors (Lipinski definition) is 1. The second-order valence-electron chi connectivity index (χ2n) is 14.5. The van der Waals surface area contributed by atoms with Crippen LogP contribution in [-0.4, -0.2) is 80.6 Å². The first kappa shape index (κ1) is 47.5. The van der Waals surface area contributed by atoms with Crippen LogP contribution >= 0.6 is 0 Å². The van der Waals surface area contributed by atoms with Crippen LogP contribution in [-0.2, 0) is 28.6 Å². The second kappa shape index (κ2) is 33.7. The van der Waals surface area contributed by atoms with E-state index in [1.165, 1.54) is 44.9 Å². The molecule has 2 atom stereocenters. The number of rotatable bonds is 35. The molecule has 0 amide bonds. The molecule has 0 radical (unpaired) electrons. The molecule has 1 N–H and O–H groups in total. The molecule has 2 unspecified atom stereocenters. The Labute approximate surface area is 306 Å². The van der Waals surface area contributed by atoms with E-state index in [9.17, 15) is 19.5 Å². The summed E-state index contributed by atoms with van der Waals surface area (Å²) in [5, 5.41) is 9.58. The summed E-state index contributed by atoms with van der Waals surface area (Å²) >= 11 is 0. The molecule has 0 aliphatic carbocycles. The number of carbonyl (C=O) groups is 3. The molecule has 0 aromatic carbocycles. The maximum absolute atomic E-state index is 12.7. The van der Waals surface area contributed by atoms with Crippen molar-refractivity contribution in [3.63, 3.8) is 0 Å². The van der Waals surface area contributed by atoms with Gasteiger partial charge in [0.15, 0.2) is 12.1 Å². The van der Waals surface area contributed by atoms with E-state index in [1.807, 2.05) is 21.1 Å². The number of carboxylic acid groups (broad SMARTS) is 1.